The first-order valence-electron chi connectivity index (χ1n) is 5.59. The molecule has 2 heterocycles. The van der Waals surface area contributed by atoms with Gasteiger partial charge in [0, 0.05) is 17.6 Å². The highest BCUT2D eigenvalue weighted by Crippen LogP contribution is 2.19. The largest absolute Gasteiger partial charge is 0.302 e. The van der Waals surface area contributed by atoms with E-state index in [1.54, 1.807) is 6.20 Å². The summed E-state index contributed by atoms with van der Waals surface area (Å²) in [5.74, 6) is 0.967. The molecule has 2 nitrogen and oxygen atoms in total. The lowest BCUT2D eigenvalue weighted by Gasteiger charge is -2.02. The summed E-state index contributed by atoms with van der Waals surface area (Å²) in [4.78, 5) is 4.42. The van der Waals surface area contributed by atoms with Crippen LogP contribution in [-0.2, 0) is 6.42 Å². The number of hydrogen-bond acceptors (Lipinski definition) is 1. The summed E-state index contributed by atoms with van der Waals surface area (Å²) in [6, 6.07) is 11.6. The van der Waals surface area contributed by atoms with Crippen molar-refractivity contribution in [2.24, 2.45) is 0 Å². The van der Waals surface area contributed by atoms with Gasteiger partial charge in [0.15, 0.2) is 0 Å². The van der Waals surface area contributed by atoms with E-state index in [-0.39, 0.29) is 0 Å². The van der Waals surface area contributed by atoms with Gasteiger partial charge in [-0.1, -0.05) is 35.3 Å². The van der Waals surface area contributed by atoms with Crippen molar-refractivity contribution in [2.45, 2.75) is 6.42 Å². The van der Waals surface area contributed by atoms with Crippen LogP contribution in [0.1, 0.15) is 11.4 Å². The maximum Gasteiger partial charge on any atom is 0.117 e. The van der Waals surface area contributed by atoms with Crippen LogP contribution in [0, 0.1) is 0 Å². The zero-order chi connectivity index (χ0) is 12.5. The predicted octanol–water partition coefficient (Wildman–Crippen LogP) is 4.23. The van der Waals surface area contributed by atoms with Crippen LogP contribution >= 0.6 is 23.2 Å². The molecule has 0 atom stereocenters. The first-order valence-corrected chi connectivity index (χ1v) is 6.34. The van der Waals surface area contributed by atoms with Crippen molar-refractivity contribution in [3.8, 4) is 0 Å². The van der Waals surface area contributed by atoms with E-state index in [9.17, 15) is 0 Å². The van der Waals surface area contributed by atoms with Crippen molar-refractivity contribution >= 4 is 28.7 Å². The van der Waals surface area contributed by atoms with Crippen LogP contribution in [-0.4, -0.2) is 9.38 Å². The fourth-order valence-corrected chi connectivity index (χ4v) is 2.30. The van der Waals surface area contributed by atoms with E-state index in [4.69, 9.17) is 23.2 Å². The second kappa shape index (κ2) is 4.63. The van der Waals surface area contributed by atoms with Crippen LogP contribution in [0.25, 0.3) is 5.52 Å². The molecule has 18 heavy (non-hydrogen) atoms. The zero-order valence-corrected chi connectivity index (χ0v) is 11.0. The van der Waals surface area contributed by atoms with Gasteiger partial charge in [-0.25, -0.2) is 4.98 Å². The number of fused-ring (bicyclic) bond motifs is 1. The van der Waals surface area contributed by atoms with E-state index in [2.05, 4.69) is 4.98 Å². The Morgan fingerprint density at radius 2 is 1.83 bits per heavy atom. The summed E-state index contributed by atoms with van der Waals surface area (Å²) in [6.07, 6.45) is 4.53. The van der Waals surface area contributed by atoms with Crippen molar-refractivity contribution < 1.29 is 0 Å². The molecule has 1 aromatic carbocycles. The Morgan fingerprint density at radius 1 is 1.06 bits per heavy atom. The molecule has 0 fully saturated rings. The van der Waals surface area contributed by atoms with E-state index < -0.39 is 0 Å². The minimum absolute atomic E-state index is 0.715. The highest BCUT2D eigenvalue weighted by atomic mass is 35.5. The van der Waals surface area contributed by atoms with E-state index in [1.165, 1.54) is 5.56 Å². The number of halogens is 2. The summed E-state index contributed by atoms with van der Waals surface area (Å²) < 4.78 is 2.01. The van der Waals surface area contributed by atoms with Crippen molar-refractivity contribution in [1.82, 2.24) is 9.38 Å². The zero-order valence-electron chi connectivity index (χ0n) is 9.48. The number of imidazole rings is 1. The molecule has 0 aliphatic carbocycles. The molecule has 0 unspecified atom stereocenters. The van der Waals surface area contributed by atoms with Crippen molar-refractivity contribution in [2.75, 3.05) is 0 Å². The van der Waals surface area contributed by atoms with Gasteiger partial charge in [-0.3, -0.25) is 0 Å². The van der Waals surface area contributed by atoms with Crippen LogP contribution < -0.4 is 0 Å². The second-order valence-corrected chi connectivity index (χ2v) is 4.93. The summed E-state index contributed by atoms with van der Waals surface area (Å²) >= 11 is 12.0. The highest BCUT2D eigenvalue weighted by molar-refractivity contribution is 6.33. The highest BCUT2D eigenvalue weighted by Gasteiger charge is 2.06. The third kappa shape index (κ3) is 2.09. The number of nitrogens with zero attached hydrogens (tertiary/aromatic N) is 2. The van der Waals surface area contributed by atoms with E-state index in [1.807, 2.05) is 47.0 Å². The van der Waals surface area contributed by atoms with Crippen molar-refractivity contribution in [3.63, 3.8) is 0 Å². The third-order valence-corrected chi connectivity index (χ3v) is 3.44. The summed E-state index contributed by atoms with van der Waals surface area (Å²) in [5.41, 5.74) is 2.11. The molecule has 3 aromatic rings. The summed E-state index contributed by atoms with van der Waals surface area (Å²) in [5, 5.41) is 1.46. The summed E-state index contributed by atoms with van der Waals surface area (Å²) in [7, 11) is 0. The number of aromatic nitrogens is 2. The fraction of sp³-hybridized carbons (Fsp3) is 0.0714. The van der Waals surface area contributed by atoms with Crippen LogP contribution in [0.4, 0.5) is 0 Å². The normalized spacial score (nSPS) is 11.0. The number of benzene rings is 1. The van der Waals surface area contributed by atoms with Crippen molar-refractivity contribution in [3.05, 3.63) is 70.2 Å². The molecule has 0 aliphatic rings. The SMILES string of the molecule is Clc1ccc(Cc2ncc3c(Cl)cccn23)cc1. The average Bonchev–Trinajstić information content (AvgIpc) is 2.77. The minimum atomic E-state index is 0.715. The molecule has 2 aromatic heterocycles. The van der Waals surface area contributed by atoms with Gasteiger partial charge in [0.1, 0.15) is 5.82 Å². The molecule has 3 rings (SSSR count). The van der Waals surface area contributed by atoms with Crippen LogP contribution in [0.15, 0.2) is 48.8 Å². The Kier molecular flexibility index (Phi) is 2.98. The molecule has 0 saturated carbocycles. The fourth-order valence-electron chi connectivity index (χ4n) is 1.96. The van der Waals surface area contributed by atoms with Crippen LogP contribution in [0.3, 0.4) is 0 Å². The molecule has 4 heteroatoms. The maximum absolute atomic E-state index is 6.12. The lowest BCUT2D eigenvalue weighted by atomic mass is 10.1. The summed E-state index contributed by atoms with van der Waals surface area (Å²) in [6.45, 7) is 0. The number of rotatable bonds is 2. The Balaban J connectivity index is 2.00. The molecule has 0 bridgehead atoms. The number of hydrogen-bond donors (Lipinski definition) is 0. The van der Waals surface area contributed by atoms with Gasteiger partial charge < -0.3 is 4.40 Å². The molecule has 0 aliphatic heterocycles. The molecular weight excluding hydrogens is 267 g/mol. The third-order valence-electron chi connectivity index (χ3n) is 2.87. The lowest BCUT2D eigenvalue weighted by Crippen LogP contribution is -1.96. The minimum Gasteiger partial charge on any atom is -0.302 e. The van der Waals surface area contributed by atoms with Gasteiger partial charge in [0.25, 0.3) is 0 Å². The molecule has 0 radical (unpaired) electrons. The van der Waals surface area contributed by atoms with E-state index in [0.29, 0.717) is 5.02 Å². The Morgan fingerprint density at radius 3 is 2.61 bits per heavy atom. The van der Waals surface area contributed by atoms with Gasteiger partial charge in [-0.05, 0) is 29.8 Å². The van der Waals surface area contributed by atoms with Gasteiger partial charge in [-0.2, -0.15) is 0 Å². The maximum atomic E-state index is 6.12. The lowest BCUT2D eigenvalue weighted by molar-refractivity contribution is 0.962. The van der Waals surface area contributed by atoms with Gasteiger partial charge >= 0.3 is 0 Å². The smallest absolute Gasteiger partial charge is 0.117 e. The van der Waals surface area contributed by atoms with Gasteiger partial charge in [-0.15, -0.1) is 0 Å². The van der Waals surface area contributed by atoms with Crippen LogP contribution in [0.5, 0.6) is 0 Å². The quantitative estimate of drug-likeness (QED) is 0.685. The molecule has 0 saturated heterocycles. The molecule has 90 valence electrons. The first-order chi connectivity index (χ1) is 8.74. The number of pyridine rings is 1. The Hall–Kier alpha value is -1.51. The molecule has 0 N–H and O–H groups in total. The second-order valence-electron chi connectivity index (χ2n) is 4.09. The Bertz CT molecular complexity index is 687. The van der Waals surface area contributed by atoms with E-state index in [0.717, 1.165) is 22.8 Å². The standard InChI is InChI=1S/C14H10Cl2N2/c15-11-5-3-10(4-6-11)8-14-17-9-13-12(16)2-1-7-18(13)14/h1-7,9H,8H2. The molecular formula is C14H10Cl2N2. The monoisotopic (exact) mass is 276 g/mol. The van der Waals surface area contributed by atoms with Gasteiger partial charge in [0.05, 0.1) is 16.7 Å². The Labute approximate surface area is 115 Å². The van der Waals surface area contributed by atoms with Crippen molar-refractivity contribution in [1.29, 1.82) is 0 Å². The molecule has 0 spiro atoms. The topological polar surface area (TPSA) is 17.3 Å². The van der Waals surface area contributed by atoms with Crippen LogP contribution in [0.2, 0.25) is 10.0 Å². The average molecular weight is 277 g/mol. The molecule has 0 amide bonds. The first kappa shape index (κ1) is 11.6. The van der Waals surface area contributed by atoms with Gasteiger partial charge in [0.2, 0.25) is 0 Å². The predicted molar refractivity (Wildman–Crippen MR) is 74.5 cm³/mol. The van der Waals surface area contributed by atoms with E-state index >= 15 is 0 Å².